The first kappa shape index (κ1) is 12.4. The minimum atomic E-state index is 0.559. The minimum absolute atomic E-state index is 0.559. The number of nitrogens with one attached hydrogen (secondary N) is 1. The van der Waals surface area contributed by atoms with E-state index in [0.717, 1.165) is 29.0 Å². The van der Waals surface area contributed by atoms with Gasteiger partial charge in [0.15, 0.2) is 0 Å². The van der Waals surface area contributed by atoms with E-state index in [2.05, 4.69) is 21.4 Å². The molecule has 1 aliphatic rings. The Morgan fingerprint density at radius 3 is 2.74 bits per heavy atom. The van der Waals surface area contributed by atoms with Gasteiger partial charge in [-0.05, 0) is 31.5 Å². The number of nitrogens with zero attached hydrogens (tertiary/aromatic N) is 2. The summed E-state index contributed by atoms with van der Waals surface area (Å²) < 4.78 is 0. The number of para-hydroxylation sites is 1. The van der Waals surface area contributed by atoms with E-state index in [-0.39, 0.29) is 0 Å². The van der Waals surface area contributed by atoms with Crippen LogP contribution in [0.3, 0.4) is 0 Å². The third-order valence-corrected chi connectivity index (χ3v) is 3.71. The Balaban J connectivity index is 1.98. The molecule has 0 aliphatic heterocycles. The van der Waals surface area contributed by atoms with Gasteiger partial charge in [-0.2, -0.15) is 0 Å². The van der Waals surface area contributed by atoms with Crippen LogP contribution in [0.2, 0.25) is 0 Å². The maximum atomic E-state index is 5.62. The summed E-state index contributed by atoms with van der Waals surface area (Å²) in [6.07, 6.45) is 5.84. The summed E-state index contributed by atoms with van der Waals surface area (Å²) in [4.78, 5) is 9.22. The molecule has 0 atom stereocenters. The van der Waals surface area contributed by atoms with Crippen molar-refractivity contribution in [3.05, 3.63) is 30.1 Å². The van der Waals surface area contributed by atoms with E-state index in [4.69, 9.17) is 5.73 Å². The lowest BCUT2D eigenvalue weighted by molar-refractivity contribution is 0.748. The lowest BCUT2D eigenvalue weighted by atomic mass is 10.2. The van der Waals surface area contributed by atoms with E-state index in [1.54, 1.807) is 0 Å². The third kappa shape index (κ3) is 2.68. The van der Waals surface area contributed by atoms with Crippen molar-refractivity contribution in [2.45, 2.75) is 38.1 Å². The molecule has 3 N–H and O–H groups in total. The second-order valence-corrected chi connectivity index (χ2v) is 5.17. The van der Waals surface area contributed by atoms with Crippen LogP contribution in [0.15, 0.2) is 24.3 Å². The summed E-state index contributed by atoms with van der Waals surface area (Å²) in [6.45, 7) is 0.585. The molecule has 0 bridgehead atoms. The smallest absolute Gasteiger partial charge is 0.137 e. The number of anilines is 1. The molecule has 100 valence electrons. The monoisotopic (exact) mass is 256 g/mol. The van der Waals surface area contributed by atoms with E-state index >= 15 is 0 Å². The molecule has 1 saturated carbocycles. The van der Waals surface area contributed by atoms with Crippen LogP contribution in [0.4, 0.5) is 5.82 Å². The average molecular weight is 256 g/mol. The molecule has 1 fully saturated rings. The lowest BCUT2D eigenvalue weighted by Gasteiger charge is -2.15. The summed E-state index contributed by atoms with van der Waals surface area (Å²) >= 11 is 0. The van der Waals surface area contributed by atoms with Gasteiger partial charge >= 0.3 is 0 Å². The summed E-state index contributed by atoms with van der Waals surface area (Å²) in [6, 6.07) is 8.73. The van der Waals surface area contributed by atoms with Gasteiger partial charge in [-0.1, -0.05) is 25.0 Å². The predicted octanol–water partition coefficient (Wildman–Crippen LogP) is 2.49. The first-order valence-corrected chi connectivity index (χ1v) is 7.09. The zero-order chi connectivity index (χ0) is 13.1. The second kappa shape index (κ2) is 5.53. The Kier molecular flexibility index (Phi) is 3.60. The summed E-state index contributed by atoms with van der Waals surface area (Å²) in [5.74, 6) is 1.81. The normalized spacial score (nSPS) is 16.1. The maximum Gasteiger partial charge on any atom is 0.137 e. The third-order valence-electron chi connectivity index (χ3n) is 3.71. The van der Waals surface area contributed by atoms with Crippen molar-refractivity contribution in [3.8, 4) is 0 Å². The van der Waals surface area contributed by atoms with Gasteiger partial charge in [0, 0.05) is 17.8 Å². The fourth-order valence-electron chi connectivity index (χ4n) is 2.74. The molecule has 0 saturated heterocycles. The van der Waals surface area contributed by atoms with Gasteiger partial charge in [0.2, 0.25) is 0 Å². The fourth-order valence-corrected chi connectivity index (χ4v) is 2.74. The van der Waals surface area contributed by atoms with Crippen LogP contribution in [0.5, 0.6) is 0 Å². The van der Waals surface area contributed by atoms with Crippen molar-refractivity contribution >= 4 is 16.7 Å². The quantitative estimate of drug-likeness (QED) is 0.882. The van der Waals surface area contributed by atoms with Crippen LogP contribution in [-0.2, 0) is 6.42 Å². The van der Waals surface area contributed by atoms with Gasteiger partial charge in [0.05, 0.1) is 5.52 Å². The summed E-state index contributed by atoms with van der Waals surface area (Å²) in [7, 11) is 0. The fraction of sp³-hybridized carbons (Fsp3) is 0.467. The number of benzene rings is 1. The Bertz CT molecular complexity index is 561. The largest absolute Gasteiger partial charge is 0.367 e. The van der Waals surface area contributed by atoms with Crippen molar-refractivity contribution in [1.29, 1.82) is 0 Å². The van der Waals surface area contributed by atoms with Crippen LogP contribution in [0, 0.1) is 0 Å². The van der Waals surface area contributed by atoms with Crippen LogP contribution in [0.1, 0.15) is 31.5 Å². The molecule has 1 aromatic carbocycles. The van der Waals surface area contributed by atoms with Crippen LogP contribution in [-0.4, -0.2) is 22.6 Å². The number of fused-ring (bicyclic) bond motifs is 1. The Hall–Kier alpha value is -1.68. The highest BCUT2D eigenvalue weighted by molar-refractivity contribution is 5.89. The van der Waals surface area contributed by atoms with Crippen molar-refractivity contribution in [1.82, 2.24) is 9.97 Å². The molecule has 0 amide bonds. The Morgan fingerprint density at radius 2 is 1.95 bits per heavy atom. The SMILES string of the molecule is NCCc1nc(NC2CCCC2)c2ccccc2n1. The first-order valence-electron chi connectivity index (χ1n) is 7.09. The number of hydrogen-bond acceptors (Lipinski definition) is 4. The number of nitrogens with two attached hydrogens (primary N) is 1. The molecule has 0 spiro atoms. The number of hydrogen-bond donors (Lipinski definition) is 2. The van der Waals surface area contributed by atoms with Crippen molar-refractivity contribution in [2.24, 2.45) is 5.73 Å². The molecule has 4 nitrogen and oxygen atoms in total. The molecule has 1 heterocycles. The lowest BCUT2D eigenvalue weighted by Crippen LogP contribution is -2.17. The van der Waals surface area contributed by atoms with Crippen LogP contribution < -0.4 is 11.1 Å². The molecule has 0 unspecified atom stereocenters. The molecule has 19 heavy (non-hydrogen) atoms. The van der Waals surface area contributed by atoms with E-state index in [0.29, 0.717) is 12.6 Å². The van der Waals surface area contributed by atoms with Gasteiger partial charge in [-0.15, -0.1) is 0 Å². The Morgan fingerprint density at radius 1 is 1.16 bits per heavy atom. The average Bonchev–Trinajstić information content (AvgIpc) is 2.92. The zero-order valence-corrected chi connectivity index (χ0v) is 11.1. The van der Waals surface area contributed by atoms with E-state index < -0.39 is 0 Å². The number of aromatic nitrogens is 2. The van der Waals surface area contributed by atoms with E-state index in [1.165, 1.54) is 25.7 Å². The van der Waals surface area contributed by atoms with Crippen molar-refractivity contribution < 1.29 is 0 Å². The molecule has 1 aliphatic carbocycles. The Labute approximate surface area is 113 Å². The summed E-state index contributed by atoms with van der Waals surface area (Å²) in [5.41, 5.74) is 6.62. The van der Waals surface area contributed by atoms with E-state index in [9.17, 15) is 0 Å². The standard InChI is InChI=1S/C15H20N4/c16-10-9-14-18-13-8-4-3-7-12(13)15(19-14)17-11-5-1-2-6-11/h3-4,7-8,11H,1-2,5-6,9-10,16H2,(H,17,18,19). The molecule has 4 heteroatoms. The molecular formula is C15H20N4. The molecule has 3 rings (SSSR count). The van der Waals surface area contributed by atoms with Gasteiger partial charge in [0.25, 0.3) is 0 Å². The van der Waals surface area contributed by atoms with Crippen LogP contribution in [0.25, 0.3) is 10.9 Å². The van der Waals surface area contributed by atoms with E-state index in [1.807, 2.05) is 18.2 Å². The predicted molar refractivity (Wildman–Crippen MR) is 78.2 cm³/mol. The minimum Gasteiger partial charge on any atom is -0.367 e. The molecular weight excluding hydrogens is 236 g/mol. The number of rotatable bonds is 4. The highest BCUT2D eigenvalue weighted by atomic mass is 15.1. The second-order valence-electron chi connectivity index (χ2n) is 5.17. The first-order chi connectivity index (χ1) is 9.36. The van der Waals surface area contributed by atoms with Crippen molar-refractivity contribution in [3.63, 3.8) is 0 Å². The van der Waals surface area contributed by atoms with Gasteiger partial charge < -0.3 is 11.1 Å². The van der Waals surface area contributed by atoms with Gasteiger partial charge in [-0.3, -0.25) is 0 Å². The van der Waals surface area contributed by atoms with Gasteiger partial charge in [-0.25, -0.2) is 9.97 Å². The van der Waals surface area contributed by atoms with Gasteiger partial charge in [0.1, 0.15) is 11.6 Å². The molecule has 2 aromatic rings. The van der Waals surface area contributed by atoms with Crippen LogP contribution >= 0.6 is 0 Å². The highest BCUT2D eigenvalue weighted by Crippen LogP contribution is 2.25. The maximum absolute atomic E-state index is 5.62. The molecule has 0 radical (unpaired) electrons. The zero-order valence-electron chi connectivity index (χ0n) is 11.1. The highest BCUT2D eigenvalue weighted by Gasteiger charge is 2.17. The molecule has 1 aromatic heterocycles. The van der Waals surface area contributed by atoms with Crippen molar-refractivity contribution in [2.75, 3.05) is 11.9 Å². The topological polar surface area (TPSA) is 63.8 Å². The summed E-state index contributed by atoms with van der Waals surface area (Å²) in [5, 5.41) is 4.70.